The fourth-order valence-electron chi connectivity index (χ4n) is 3.88. The molecule has 0 aliphatic carbocycles. The van der Waals surface area contributed by atoms with Gasteiger partial charge in [0.1, 0.15) is 11.6 Å². The summed E-state index contributed by atoms with van der Waals surface area (Å²) < 4.78 is 5.77. The Morgan fingerprint density at radius 3 is 2.97 bits per heavy atom. The van der Waals surface area contributed by atoms with Crippen molar-refractivity contribution in [2.24, 2.45) is 5.92 Å². The normalized spacial score (nSPS) is 21.8. The van der Waals surface area contributed by atoms with E-state index in [1.807, 2.05) is 18.2 Å². The molecular weight excluding hydrogens is 402 g/mol. The number of hydrogen-bond donors (Lipinski definition) is 3. The molecule has 2 aromatic rings. The van der Waals surface area contributed by atoms with Crippen LogP contribution in [0.5, 0.6) is 0 Å². The van der Waals surface area contributed by atoms with Gasteiger partial charge in [-0.2, -0.15) is 0 Å². The van der Waals surface area contributed by atoms with Crippen LogP contribution in [0, 0.1) is 5.92 Å². The van der Waals surface area contributed by atoms with Gasteiger partial charge in [-0.1, -0.05) is 17.7 Å². The molecule has 1 amide bonds. The second kappa shape index (κ2) is 10.2. The van der Waals surface area contributed by atoms with E-state index in [1.54, 1.807) is 12.3 Å². The number of aromatic nitrogens is 2. The van der Waals surface area contributed by atoms with Crippen molar-refractivity contribution in [3.8, 4) is 11.3 Å². The molecule has 0 bridgehead atoms. The first-order valence-electron chi connectivity index (χ1n) is 10.7. The third-order valence-corrected chi connectivity index (χ3v) is 5.89. The second-order valence-corrected chi connectivity index (χ2v) is 8.27. The summed E-state index contributed by atoms with van der Waals surface area (Å²) in [5.41, 5.74) is 1.47. The van der Waals surface area contributed by atoms with Gasteiger partial charge in [0.25, 0.3) is 0 Å². The standard InChI is InChI=1S/C22H28ClN5O2/c23-18-14-26-21(28-22(29)15-5-4-9-24-12-15)11-17(18)19-7-3-8-20(27-19)25-13-16-6-1-2-10-30-16/h3,7-8,11,14-16,24H,1-2,4-6,9-10,12-13H2,(H,25,27)(H,26,28,29)/t15-,16?/m1/s1. The van der Waals surface area contributed by atoms with Crippen molar-refractivity contribution in [1.29, 1.82) is 0 Å². The summed E-state index contributed by atoms with van der Waals surface area (Å²) in [4.78, 5) is 21.5. The van der Waals surface area contributed by atoms with Crippen LogP contribution in [0.4, 0.5) is 11.6 Å². The lowest BCUT2D eigenvalue weighted by atomic mass is 9.99. The number of halogens is 1. The summed E-state index contributed by atoms with van der Waals surface area (Å²) in [6, 6.07) is 7.56. The Kier molecular flexibility index (Phi) is 7.15. The number of amides is 1. The fraction of sp³-hybridized carbons (Fsp3) is 0.500. The zero-order valence-electron chi connectivity index (χ0n) is 17.0. The largest absolute Gasteiger partial charge is 0.376 e. The molecule has 2 aliphatic rings. The van der Waals surface area contributed by atoms with Gasteiger partial charge in [0.05, 0.1) is 22.7 Å². The Hall–Kier alpha value is -2.22. The van der Waals surface area contributed by atoms with Gasteiger partial charge in [-0.3, -0.25) is 4.79 Å². The highest BCUT2D eigenvalue weighted by Crippen LogP contribution is 2.29. The van der Waals surface area contributed by atoms with Crippen molar-refractivity contribution >= 4 is 29.1 Å². The molecule has 2 aliphatic heterocycles. The summed E-state index contributed by atoms with van der Waals surface area (Å²) in [5.74, 6) is 1.21. The average molecular weight is 430 g/mol. The lowest BCUT2D eigenvalue weighted by Gasteiger charge is -2.23. The molecule has 0 aromatic carbocycles. The predicted octanol–water partition coefficient (Wildman–Crippen LogP) is 3.72. The minimum atomic E-state index is -0.0349. The van der Waals surface area contributed by atoms with Crippen molar-refractivity contribution in [2.45, 2.75) is 38.2 Å². The van der Waals surface area contributed by atoms with E-state index in [9.17, 15) is 4.79 Å². The number of carbonyl (C=O) groups excluding carboxylic acids is 1. The highest BCUT2D eigenvalue weighted by atomic mass is 35.5. The van der Waals surface area contributed by atoms with E-state index >= 15 is 0 Å². The van der Waals surface area contributed by atoms with Crippen molar-refractivity contribution in [3.63, 3.8) is 0 Å². The maximum Gasteiger partial charge on any atom is 0.229 e. The molecule has 4 rings (SSSR count). The van der Waals surface area contributed by atoms with E-state index < -0.39 is 0 Å². The molecular formula is C22H28ClN5O2. The number of carbonyl (C=O) groups is 1. The number of anilines is 2. The number of pyridine rings is 2. The highest BCUT2D eigenvalue weighted by Gasteiger charge is 2.21. The second-order valence-electron chi connectivity index (χ2n) is 7.86. The minimum absolute atomic E-state index is 0.0150. The summed E-state index contributed by atoms with van der Waals surface area (Å²) in [7, 11) is 0. The fourth-order valence-corrected chi connectivity index (χ4v) is 4.08. The molecule has 2 aromatic heterocycles. The molecule has 2 atom stereocenters. The average Bonchev–Trinajstić information content (AvgIpc) is 2.80. The smallest absolute Gasteiger partial charge is 0.229 e. The molecule has 0 saturated carbocycles. The highest BCUT2D eigenvalue weighted by molar-refractivity contribution is 6.33. The van der Waals surface area contributed by atoms with E-state index in [0.717, 1.165) is 62.5 Å². The summed E-state index contributed by atoms with van der Waals surface area (Å²) in [6.07, 6.45) is 7.10. The molecule has 0 spiro atoms. The number of piperidine rings is 1. The van der Waals surface area contributed by atoms with Gasteiger partial charge in [-0.05, 0) is 56.8 Å². The van der Waals surface area contributed by atoms with E-state index in [1.165, 1.54) is 6.42 Å². The third-order valence-electron chi connectivity index (χ3n) is 5.58. The van der Waals surface area contributed by atoms with Crippen molar-refractivity contribution < 1.29 is 9.53 Å². The lowest BCUT2D eigenvalue weighted by molar-refractivity contribution is -0.120. The zero-order chi connectivity index (χ0) is 20.8. The Morgan fingerprint density at radius 1 is 1.23 bits per heavy atom. The van der Waals surface area contributed by atoms with Gasteiger partial charge in [0.2, 0.25) is 5.91 Å². The quantitative estimate of drug-likeness (QED) is 0.648. The lowest BCUT2D eigenvalue weighted by Crippen LogP contribution is -2.37. The van der Waals surface area contributed by atoms with Crippen LogP contribution < -0.4 is 16.0 Å². The van der Waals surface area contributed by atoms with Crippen LogP contribution in [0.15, 0.2) is 30.5 Å². The van der Waals surface area contributed by atoms with Crippen LogP contribution in [0.3, 0.4) is 0 Å². The number of nitrogens with zero attached hydrogens (tertiary/aromatic N) is 2. The van der Waals surface area contributed by atoms with Crippen LogP contribution >= 0.6 is 11.6 Å². The Labute approximate surface area is 182 Å². The number of nitrogens with one attached hydrogen (secondary N) is 3. The van der Waals surface area contributed by atoms with Crippen LogP contribution in [0.25, 0.3) is 11.3 Å². The summed E-state index contributed by atoms with van der Waals surface area (Å²) in [6.45, 7) is 3.23. The zero-order valence-corrected chi connectivity index (χ0v) is 17.8. The molecule has 3 N–H and O–H groups in total. The van der Waals surface area contributed by atoms with Crippen molar-refractivity contribution in [1.82, 2.24) is 15.3 Å². The molecule has 0 radical (unpaired) electrons. The van der Waals surface area contributed by atoms with Gasteiger partial charge >= 0.3 is 0 Å². The predicted molar refractivity (Wildman–Crippen MR) is 119 cm³/mol. The molecule has 30 heavy (non-hydrogen) atoms. The molecule has 2 fully saturated rings. The number of hydrogen-bond acceptors (Lipinski definition) is 6. The third kappa shape index (κ3) is 5.47. The first-order valence-corrected chi connectivity index (χ1v) is 11.1. The maximum atomic E-state index is 12.5. The Balaban J connectivity index is 1.45. The van der Waals surface area contributed by atoms with Crippen LogP contribution in [0.1, 0.15) is 32.1 Å². The number of rotatable bonds is 6. The van der Waals surface area contributed by atoms with Gasteiger partial charge in [0, 0.05) is 31.5 Å². The topological polar surface area (TPSA) is 88.2 Å². The summed E-state index contributed by atoms with van der Waals surface area (Å²) in [5, 5.41) is 10.0. The van der Waals surface area contributed by atoms with Gasteiger partial charge in [-0.25, -0.2) is 9.97 Å². The molecule has 4 heterocycles. The monoisotopic (exact) mass is 429 g/mol. The van der Waals surface area contributed by atoms with E-state index in [4.69, 9.17) is 21.3 Å². The van der Waals surface area contributed by atoms with Gasteiger partial charge in [0.15, 0.2) is 0 Å². The van der Waals surface area contributed by atoms with Crippen LogP contribution in [-0.4, -0.2) is 48.2 Å². The van der Waals surface area contributed by atoms with Crippen LogP contribution in [0.2, 0.25) is 5.02 Å². The van der Waals surface area contributed by atoms with E-state index in [0.29, 0.717) is 17.4 Å². The van der Waals surface area contributed by atoms with Crippen molar-refractivity contribution in [2.75, 3.05) is 36.9 Å². The van der Waals surface area contributed by atoms with Crippen molar-refractivity contribution in [3.05, 3.63) is 35.5 Å². The van der Waals surface area contributed by atoms with Gasteiger partial charge < -0.3 is 20.7 Å². The van der Waals surface area contributed by atoms with E-state index in [-0.39, 0.29) is 17.9 Å². The first kappa shape index (κ1) is 21.0. The molecule has 1 unspecified atom stereocenters. The molecule has 2 saturated heterocycles. The Morgan fingerprint density at radius 2 is 2.17 bits per heavy atom. The maximum absolute atomic E-state index is 12.5. The SMILES string of the molecule is O=C(Nc1cc(-c2cccc(NCC3CCCCO3)n2)c(Cl)cn1)[C@@H]1CCCNC1. The first-order chi connectivity index (χ1) is 14.7. The van der Waals surface area contributed by atoms with Crippen LogP contribution in [-0.2, 0) is 9.53 Å². The molecule has 8 heteroatoms. The minimum Gasteiger partial charge on any atom is -0.376 e. The summed E-state index contributed by atoms with van der Waals surface area (Å²) >= 11 is 6.40. The number of ether oxygens (including phenoxy) is 1. The Bertz CT molecular complexity index is 866. The van der Waals surface area contributed by atoms with E-state index in [2.05, 4.69) is 20.9 Å². The molecule has 7 nitrogen and oxygen atoms in total. The molecule has 160 valence electrons. The van der Waals surface area contributed by atoms with Gasteiger partial charge in [-0.15, -0.1) is 0 Å².